The van der Waals surface area contributed by atoms with Crippen LogP contribution in [0.5, 0.6) is 0 Å². The van der Waals surface area contributed by atoms with Gasteiger partial charge < -0.3 is 0 Å². The van der Waals surface area contributed by atoms with Gasteiger partial charge in [0.05, 0.1) is 11.7 Å². The lowest BCUT2D eigenvalue weighted by atomic mass is 10.3. The number of aromatic nitrogens is 2. The van der Waals surface area contributed by atoms with E-state index in [0.717, 1.165) is 10.9 Å². The Morgan fingerprint density at radius 1 is 1.36 bits per heavy atom. The maximum Gasteiger partial charge on any atom is 0.0821 e. The van der Waals surface area contributed by atoms with E-state index in [9.17, 15) is 0 Å². The van der Waals surface area contributed by atoms with Crippen LogP contribution in [0.2, 0.25) is 0 Å². The summed E-state index contributed by atoms with van der Waals surface area (Å²) in [5.41, 5.74) is 1.10. The Morgan fingerprint density at radius 3 is 3.00 bits per heavy atom. The highest BCUT2D eigenvalue weighted by Gasteiger charge is 1.98. The summed E-state index contributed by atoms with van der Waals surface area (Å²) in [6, 6.07) is 8.04. The zero-order valence-electron chi connectivity index (χ0n) is 5.64. The molecule has 11 heavy (non-hydrogen) atoms. The van der Waals surface area contributed by atoms with Gasteiger partial charge in [0.25, 0.3) is 0 Å². The van der Waals surface area contributed by atoms with Crippen molar-refractivity contribution in [3.05, 3.63) is 30.5 Å². The van der Waals surface area contributed by atoms with Gasteiger partial charge in [-0.05, 0) is 6.07 Å². The van der Waals surface area contributed by atoms with Gasteiger partial charge in [0.1, 0.15) is 0 Å². The molecule has 1 aromatic heterocycles. The maximum absolute atomic E-state index is 4.12. The molecule has 1 aromatic carbocycles. The lowest BCUT2D eigenvalue weighted by Gasteiger charge is -1.93. The van der Waals surface area contributed by atoms with Crippen molar-refractivity contribution in [3.63, 3.8) is 0 Å². The van der Waals surface area contributed by atoms with Gasteiger partial charge in [0.2, 0.25) is 0 Å². The topological polar surface area (TPSA) is 17.8 Å². The van der Waals surface area contributed by atoms with Crippen molar-refractivity contribution >= 4 is 33.5 Å². The van der Waals surface area contributed by atoms with Gasteiger partial charge in [-0.3, -0.25) is 0 Å². The second-order valence-electron chi connectivity index (χ2n) is 2.16. The van der Waals surface area contributed by atoms with Gasteiger partial charge in [-0.2, -0.15) is 9.19 Å². The molecule has 0 aliphatic rings. The molecule has 0 aliphatic heterocycles. The molecule has 0 N–H and O–H groups in total. The summed E-state index contributed by atoms with van der Waals surface area (Å²) in [5.74, 6) is 0. The molecular formula is C7H6N2S2. The summed E-state index contributed by atoms with van der Waals surface area (Å²) in [6.45, 7) is 0. The number of nitrogens with zero attached hydrogens (tertiary/aromatic N) is 2. The number of para-hydroxylation sites is 1. The molecular weight excluding hydrogens is 176 g/mol. The molecule has 0 amide bonds. The summed E-state index contributed by atoms with van der Waals surface area (Å²) in [7, 11) is 1.30. The van der Waals surface area contributed by atoms with Gasteiger partial charge in [-0.25, -0.2) is 0 Å². The van der Waals surface area contributed by atoms with Crippen LogP contribution in [0.1, 0.15) is 0 Å². The van der Waals surface area contributed by atoms with Crippen molar-refractivity contribution in [3.8, 4) is 0 Å². The molecule has 0 aliphatic carbocycles. The predicted molar refractivity (Wildman–Crippen MR) is 51.7 cm³/mol. The smallest absolute Gasteiger partial charge is 0.0821 e. The largest absolute Gasteiger partial charge is 0.196 e. The zero-order chi connectivity index (χ0) is 7.68. The van der Waals surface area contributed by atoms with E-state index in [1.165, 1.54) is 11.0 Å². The minimum absolute atomic E-state index is 1.10. The molecule has 0 fully saturated rings. The third-order valence-electron chi connectivity index (χ3n) is 1.52. The number of hydrogen-bond acceptors (Lipinski definition) is 3. The van der Waals surface area contributed by atoms with E-state index in [0.29, 0.717) is 0 Å². The van der Waals surface area contributed by atoms with Gasteiger partial charge >= 0.3 is 0 Å². The monoisotopic (exact) mass is 182 g/mol. The summed E-state index contributed by atoms with van der Waals surface area (Å²) in [4.78, 5) is 0. The molecule has 0 spiro atoms. The summed E-state index contributed by atoms with van der Waals surface area (Å²) in [6.07, 6.45) is 1.83. The van der Waals surface area contributed by atoms with E-state index < -0.39 is 0 Å². The number of fused-ring (bicyclic) bond motifs is 1. The summed E-state index contributed by atoms with van der Waals surface area (Å²) >= 11 is 4.07. The quantitative estimate of drug-likeness (QED) is 0.539. The fourth-order valence-electron chi connectivity index (χ4n) is 1.01. The van der Waals surface area contributed by atoms with Crippen LogP contribution in [0.3, 0.4) is 0 Å². The van der Waals surface area contributed by atoms with E-state index in [2.05, 4.69) is 16.8 Å². The zero-order valence-corrected chi connectivity index (χ0v) is 7.35. The van der Waals surface area contributed by atoms with Gasteiger partial charge in [0.15, 0.2) is 0 Å². The second kappa shape index (κ2) is 2.79. The summed E-state index contributed by atoms with van der Waals surface area (Å²) < 4.78 is 1.78. The molecule has 2 nitrogen and oxygen atoms in total. The van der Waals surface area contributed by atoms with Crippen LogP contribution in [0.25, 0.3) is 10.9 Å². The first-order valence-corrected chi connectivity index (χ1v) is 4.99. The molecule has 2 rings (SSSR count). The Hall–Kier alpha value is -0.610. The third kappa shape index (κ3) is 1.12. The van der Waals surface area contributed by atoms with Crippen LogP contribution >= 0.6 is 22.6 Å². The molecule has 0 saturated heterocycles. The average Bonchev–Trinajstić information content (AvgIpc) is 2.47. The number of hydrogen-bond donors (Lipinski definition) is 1. The fourth-order valence-corrected chi connectivity index (χ4v) is 1.75. The highest BCUT2D eigenvalue weighted by Crippen LogP contribution is 2.19. The van der Waals surface area contributed by atoms with Gasteiger partial charge in [-0.1, -0.05) is 29.9 Å². The highest BCUT2D eigenvalue weighted by atomic mass is 33.1. The molecule has 0 atom stereocenters. The van der Waals surface area contributed by atoms with Crippen molar-refractivity contribution < 1.29 is 0 Å². The van der Waals surface area contributed by atoms with Crippen LogP contribution < -0.4 is 0 Å². The summed E-state index contributed by atoms with van der Waals surface area (Å²) in [5, 5.41) is 5.26. The maximum atomic E-state index is 4.12. The Kier molecular flexibility index (Phi) is 1.79. The Labute approximate surface area is 73.5 Å². The van der Waals surface area contributed by atoms with Crippen molar-refractivity contribution in [2.24, 2.45) is 0 Å². The predicted octanol–water partition coefficient (Wildman–Crippen LogP) is 2.38. The van der Waals surface area contributed by atoms with Crippen molar-refractivity contribution in [2.45, 2.75) is 0 Å². The molecule has 0 saturated carbocycles. The second-order valence-corrected chi connectivity index (χ2v) is 3.16. The van der Waals surface area contributed by atoms with Crippen LogP contribution in [0, 0.1) is 0 Å². The Bertz CT molecular complexity index is 369. The van der Waals surface area contributed by atoms with Gasteiger partial charge in [0, 0.05) is 16.4 Å². The molecule has 2 aromatic rings. The minimum Gasteiger partial charge on any atom is -0.196 e. The molecule has 4 heteroatoms. The van der Waals surface area contributed by atoms with E-state index in [1.54, 1.807) is 4.09 Å². The number of rotatable bonds is 1. The highest BCUT2D eigenvalue weighted by molar-refractivity contribution is 8.68. The lowest BCUT2D eigenvalue weighted by Crippen LogP contribution is -1.82. The minimum atomic E-state index is 1.10. The van der Waals surface area contributed by atoms with Crippen LogP contribution in [-0.2, 0) is 0 Å². The number of thiol groups is 1. The average molecular weight is 182 g/mol. The first-order chi connectivity index (χ1) is 5.42. The van der Waals surface area contributed by atoms with Gasteiger partial charge in [-0.15, -0.1) is 0 Å². The molecule has 0 radical (unpaired) electrons. The van der Waals surface area contributed by atoms with Crippen molar-refractivity contribution in [1.82, 2.24) is 9.19 Å². The van der Waals surface area contributed by atoms with Crippen molar-refractivity contribution in [1.29, 1.82) is 0 Å². The van der Waals surface area contributed by atoms with E-state index >= 15 is 0 Å². The van der Waals surface area contributed by atoms with E-state index in [4.69, 9.17) is 0 Å². The van der Waals surface area contributed by atoms with Crippen LogP contribution in [0.15, 0.2) is 30.5 Å². The standard InChI is InChI=1S/C7H6N2S2/c10-11-9-7-4-2-1-3-6(7)5-8-9/h1-5,10H. The van der Waals surface area contributed by atoms with E-state index in [1.807, 2.05) is 30.5 Å². The van der Waals surface area contributed by atoms with Crippen LogP contribution in [0.4, 0.5) is 0 Å². The van der Waals surface area contributed by atoms with Crippen LogP contribution in [-0.4, -0.2) is 9.19 Å². The Balaban J connectivity index is 2.76. The molecule has 1 heterocycles. The molecule has 0 unspecified atom stereocenters. The first-order valence-electron chi connectivity index (χ1n) is 3.16. The Morgan fingerprint density at radius 2 is 2.18 bits per heavy atom. The van der Waals surface area contributed by atoms with Crippen molar-refractivity contribution in [2.75, 3.05) is 0 Å². The first kappa shape index (κ1) is 7.06. The number of benzene rings is 1. The third-order valence-corrected chi connectivity index (χ3v) is 2.43. The fraction of sp³-hybridized carbons (Fsp3) is 0. The molecule has 0 bridgehead atoms. The lowest BCUT2D eigenvalue weighted by molar-refractivity contribution is 1.05. The molecule has 56 valence electrons. The SMILES string of the molecule is SSn1ncc2ccccc21. The normalized spacial score (nSPS) is 10.6. The van der Waals surface area contributed by atoms with E-state index in [-0.39, 0.29) is 0 Å².